The summed E-state index contributed by atoms with van der Waals surface area (Å²) in [6, 6.07) is 20.0. The lowest BCUT2D eigenvalue weighted by molar-refractivity contribution is 0.170. The second-order valence-corrected chi connectivity index (χ2v) is 8.41. The molecule has 3 rings (SSSR count). The van der Waals surface area contributed by atoms with Crippen molar-refractivity contribution in [1.82, 2.24) is 4.72 Å². The number of fused-ring (bicyclic) bond motifs is 1. The van der Waals surface area contributed by atoms with E-state index in [1.807, 2.05) is 42.5 Å². The molecule has 0 aliphatic heterocycles. The van der Waals surface area contributed by atoms with Crippen molar-refractivity contribution in [2.45, 2.75) is 17.4 Å². The zero-order chi connectivity index (χ0) is 17.9. The summed E-state index contributed by atoms with van der Waals surface area (Å²) in [5, 5.41) is 12.5. The summed E-state index contributed by atoms with van der Waals surface area (Å²) in [5.74, 6) is 0. The van der Waals surface area contributed by atoms with Crippen LogP contribution in [-0.2, 0) is 10.0 Å². The number of nitrogens with one attached hydrogen (secondary N) is 1. The molecule has 6 heteroatoms. The first-order valence-electron chi connectivity index (χ1n) is 7.88. The van der Waals surface area contributed by atoms with Crippen molar-refractivity contribution in [3.63, 3.8) is 0 Å². The van der Waals surface area contributed by atoms with Gasteiger partial charge in [-0.2, -0.15) is 0 Å². The first-order valence-corrected chi connectivity index (χ1v) is 10.2. The van der Waals surface area contributed by atoms with Crippen LogP contribution in [-0.4, -0.2) is 20.1 Å². The minimum Gasteiger partial charge on any atom is -0.388 e. The van der Waals surface area contributed by atoms with Gasteiger partial charge in [-0.3, -0.25) is 0 Å². The Kier molecular flexibility index (Phi) is 5.54. The van der Waals surface area contributed by atoms with E-state index in [4.69, 9.17) is 0 Å². The normalized spacial score (nSPS) is 13.0. The van der Waals surface area contributed by atoms with Crippen LogP contribution in [0, 0.1) is 0 Å². The number of aliphatic hydroxyl groups is 1. The molecule has 0 fully saturated rings. The maximum atomic E-state index is 12.3. The maximum Gasteiger partial charge on any atom is 0.240 e. The third-order valence-electron chi connectivity index (χ3n) is 4.02. The topological polar surface area (TPSA) is 66.4 Å². The number of rotatable bonds is 6. The number of halogens is 1. The molecule has 2 N–H and O–H groups in total. The van der Waals surface area contributed by atoms with E-state index in [-0.39, 0.29) is 11.4 Å². The second-order valence-electron chi connectivity index (χ2n) is 5.72. The maximum absolute atomic E-state index is 12.3. The molecule has 4 nitrogen and oxygen atoms in total. The molecule has 0 aromatic heterocycles. The Morgan fingerprint density at radius 3 is 2.40 bits per heavy atom. The first-order chi connectivity index (χ1) is 12.0. The van der Waals surface area contributed by atoms with Crippen LogP contribution in [0.25, 0.3) is 10.8 Å². The number of hydrogen-bond donors (Lipinski definition) is 2. The first kappa shape index (κ1) is 18.1. The summed E-state index contributed by atoms with van der Waals surface area (Å²) < 4.78 is 27.9. The highest BCUT2D eigenvalue weighted by Crippen LogP contribution is 2.26. The van der Waals surface area contributed by atoms with Crippen molar-refractivity contribution in [1.29, 1.82) is 0 Å². The highest BCUT2D eigenvalue weighted by molar-refractivity contribution is 9.10. The van der Waals surface area contributed by atoms with E-state index in [0.29, 0.717) is 6.42 Å². The lowest BCUT2D eigenvalue weighted by Gasteiger charge is -2.14. The lowest BCUT2D eigenvalue weighted by Crippen LogP contribution is -2.26. The molecule has 0 bridgehead atoms. The molecule has 130 valence electrons. The molecule has 3 aromatic carbocycles. The zero-order valence-corrected chi connectivity index (χ0v) is 15.8. The molecule has 0 radical (unpaired) electrons. The Balaban J connectivity index is 1.68. The summed E-state index contributed by atoms with van der Waals surface area (Å²) in [4.78, 5) is 0.204. The SMILES string of the molecule is O=S(=O)(NCC[C@H](O)c1cccc2ccccc12)c1ccc(Br)cc1. The number of hydrogen-bond acceptors (Lipinski definition) is 3. The van der Waals surface area contributed by atoms with E-state index in [9.17, 15) is 13.5 Å². The summed E-state index contributed by atoms with van der Waals surface area (Å²) in [5.41, 5.74) is 0.806. The van der Waals surface area contributed by atoms with E-state index in [1.54, 1.807) is 12.1 Å². The van der Waals surface area contributed by atoms with Crippen LogP contribution in [0.3, 0.4) is 0 Å². The van der Waals surface area contributed by atoms with Crippen LogP contribution in [0.2, 0.25) is 0 Å². The fourth-order valence-electron chi connectivity index (χ4n) is 2.72. The largest absolute Gasteiger partial charge is 0.388 e. The van der Waals surface area contributed by atoms with Crippen LogP contribution in [0.4, 0.5) is 0 Å². The Bertz CT molecular complexity index is 966. The predicted octanol–water partition coefficient (Wildman–Crippen LogP) is 4.00. The van der Waals surface area contributed by atoms with Gasteiger partial charge in [0.15, 0.2) is 0 Å². The van der Waals surface area contributed by atoms with Gasteiger partial charge < -0.3 is 5.11 Å². The van der Waals surface area contributed by atoms with Crippen LogP contribution in [0.15, 0.2) is 76.1 Å². The molecule has 0 aliphatic carbocycles. The fraction of sp³-hybridized carbons (Fsp3) is 0.158. The fourth-order valence-corrected chi connectivity index (χ4v) is 4.04. The van der Waals surface area contributed by atoms with Crippen molar-refractivity contribution in [3.05, 3.63) is 76.8 Å². The van der Waals surface area contributed by atoms with E-state index >= 15 is 0 Å². The van der Waals surface area contributed by atoms with E-state index in [2.05, 4.69) is 20.7 Å². The summed E-state index contributed by atoms with van der Waals surface area (Å²) in [6.45, 7) is 0.156. The van der Waals surface area contributed by atoms with Crippen LogP contribution in [0.1, 0.15) is 18.1 Å². The monoisotopic (exact) mass is 419 g/mol. The van der Waals surface area contributed by atoms with Crippen LogP contribution >= 0.6 is 15.9 Å². The third kappa shape index (κ3) is 4.27. The molecule has 3 aromatic rings. The number of sulfonamides is 1. The van der Waals surface area contributed by atoms with E-state index in [1.165, 1.54) is 12.1 Å². The van der Waals surface area contributed by atoms with Gasteiger partial charge in [0.1, 0.15) is 0 Å². The van der Waals surface area contributed by atoms with E-state index < -0.39 is 16.1 Å². The van der Waals surface area contributed by atoms with Gasteiger partial charge in [-0.1, -0.05) is 58.4 Å². The molecule has 0 amide bonds. The van der Waals surface area contributed by atoms with Gasteiger partial charge >= 0.3 is 0 Å². The zero-order valence-electron chi connectivity index (χ0n) is 13.4. The average molecular weight is 420 g/mol. The molecule has 0 heterocycles. The molecule has 0 saturated carbocycles. The smallest absolute Gasteiger partial charge is 0.240 e. The van der Waals surface area contributed by atoms with E-state index in [0.717, 1.165) is 20.8 Å². The standard InChI is InChI=1S/C19H18BrNO3S/c20-15-8-10-16(11-9-15)25(23,24)21-13-12-19(22)18-7-3-5-14-4-1-2-6-17(14)18/h1-11,19,21-22H,12-13H2/t19-/m0/s1. The van der Waals surface area contributed by atoms with Gasteiger partial charge in [0.2, 0.25) is 10.0 Å². The van der Waals surface area contributed by atoms with Crippen molar-refractivity contribution in [2.75, 3.05) is 6.54 Å². The predicted molar refractivity (Wildman–Crippen MR) is 103 cm³/mol. The highest BCUT2D eigenvalue weighted by Gasteiger charge is 2.16. The minimum atomic E-state index is -3.58. The molecular weight excluding hydrogens is 402 g/mol. The van der Waals surface area contributed by atoms with Crippen LogP contribution < -0.4 is 4.72 Å². The molecular formula is C19H18BrNO3S. The van der Waals surface area contributed by atoms with Gasteiger partial charge in [0, 0.05) is 11.0 Å². The Labute approximate surface area is 155 Å². The summed E-state index contributed by atoms with van der Waals surface area (Å²) in [6.07, 6.45) is -0.442. The Hall–Kier alpha value is -1.73. The van der Waals surface area contributed by atoms with Gasteiger partial charge in [0.05, 0.1) is 11.0 Å². The van der Waals surface area contributed by atoms with Gasteiger partial charge in [0.25, 0.3) is 0 Å². The van der Waals surface area contributed by atoms with Crippen LogP contribution in [0.5, 0.6) is 0 Å². The van der Waals surface area contributed by atoms with Crippen molar-refractivity contribution < 1.29 is 13.5 Å². The summed E-state index contributed by atoms with van der Waals surface area (Å²) >= 11 is 3.28. The highest BCUT2D eigenvalue weighted by atomic mass is 79.9. The molecule has 0 saturated heterocycles. The molecule has 0 aliphatic rings. The molecule has 0 unspecified atom stereocenters. The molecule has 1 atom stereocenters. The van der Waals surface area contributed by atoms with Crippen molar-refractivity contribution in [3.8, 4) is 0 Å². The van der Waals surface area contributed by atoms with Gasteiger partial charge in [-0.25, -0.2) is 13.1 Å². The lowest BCUT2D eigenvalue weighted by atomic mass is 9.99. The van der Waals surface area contributed by atoms with Gasteiger partial charge in [-0.05, 0) is 47.0 Å². The van der Waals surface area contributed by atoms with Crippen molar-refractivity contribution >= 4 is 36.7 Å². The van der Waals surface area contributed by atoms with Crippen molar-refractivity contribution in [2.24, 2.45) is 0 Å². The average Bonchev–Trinajstić information content (AvgIpc) is 2.61. The Morgan fingerprint density at radius 2 is 1.64 bits per heavy atom. The number of aliphatic hydroxyl groups excluding tert-OH is 1. The molecule has 25 heavy (non-hydrogen) atoms. The second kappa shape index (κ2) is 7.66. The quantitative estimate of drug-likeness (QED) is 0.634. The number of benzene rings is 3. The van der Waals surface area contributed by atoms with Gasteiger partial charge in [-0.15, -0.1) is 0 Å². The minimum absolute atomic E-state index is 0.156. The Morgan fingerprint density at radius 1 is 0.960 bits per heavy atom. The third-order valence-corrected chi connectivity index (χ3v) is 6.02. The molecule has 0 spiro atoms. The summed E-state index contributed by atoms with van der Waals surface area (Å²) in [7, 11) is -3.58.